The molecule has 1 heterocycles. The zero-order valence-electron chi connectivity index (χ0n) is 13.6. The first kappa shape index (κ1) is 16.8. The molecule has 1 aromatic carbocycles. The molecule has 1 aliphatic rings. The molecule has 3 nitrogen and oxygen atoms in total. The van der Waals surface area contributed by atoms with Crippen LogP contribution in [0.15, 0.2) is 22.7 Å². The molecule has 1 unspecified atom stereocenters. The Morgan fingerprint density at radius 1 is 1.38 bits per heavy atom. The summed E-state index contributed by atoms with van der Waals surface area (Å²) >= 11 is 3.60. The Morgan fingerprint density at radius 3 is 2.81 bits per heavy atom. The quantitative estimate of drug-likeness (QED) is 0.869. The van der Waals surface area contributed by atoms with E-state index < -0.39 is 0 Å². The van der Waals surface area contributed by atoms with Crippen molar-refractivity contribution in [1.29, 1.82) is 0 Å². The number of anilines is 1. The number of rotatable bonds is 5. The monoisotopic (exact) mass is 354 g/mol. The Bertz CT molecular complexity index is 470. The maximum absolute atomic E-state index is 5.30. The lowest BCUT2D eigenvalue weighted by Gasteiger charge is -2.26. The summed E-state index contributed by atoms with van der Waals surface area (Å²) in [7, 11) is 1.79. The summed E-state index contributed by atoms with van der Waals surface area (Å²) in [5.41, 5.74) is 2.84. The van der Waals surface area contributed by atoms with Crippen LogP contribution in [0.25, 0.3) is 0 Å². The number of nitrogens with zero attached hydrogens (tertiary/aromatic N) is 1. The third-order valence-electron chi connectivity index (χ3n) is 3.88. The topological polar surface area (TPSA) is 24.5 Å². The molecule has 0 amide bonds. The van der Waals surface area contributed by atoms with E-state index in [2.05, 4.69) is 65.1 Å². The highest BCUT2D eigenvalue weighted by Crippen LogP contribution is 2.29. The van der Waals surface area contributed by atoms with Crippen LogP contribution in [0.2, 0.25) is 0 Å². The van der Waals surface area contributed by atoms with Crippen LogP contribution < -0.4 is 10.2 Å². The van der Waals surface area contributed by atoms with Crippen LogP contribution in [0.1, 0.15) is 32.8 Å². The van der Waals surface area contributed by atoms with Crippen LogP contribution in [0.3, 0.4) is 0 Å². The third-order valence-corrected chi connectivity index (χ3v) is 4.37. The number of benzene rings is 1. The van der Waals surface area contributed by atoms with Gasteiger partial charge in [-0.2, -0.15) is 0 Å². The number of ether oxygens (including phenoxy) is 1. The van der Waals surface area contributed by atoms with Crippen molar-refractivity contribution in [3.63, 3.8) is 0 Å². The molecular formula is C17H27BrN2O. The molecule has 1 atom stereocenters. The van der Waals surface area contributed by atoms with Gasteiger partial charge in [0.25, 0.3) is 0 Å². The molecule has 21 heavy (non-hydrogen) atoms. The molecule has 1 fully saturated rings. The van der Waals surface area contributed by atoms with Crippen molar-refractivity contribution in [1.82, 2.24) is 5.32 Å². The molecular weight excluding hydrogens is 328 g/mol. The van der Waals surface area contributed by atoms with Crippen LogP contribution in [0.5, 0.6) is 0 Å². The van der Waals surface area contributed by atoms with Crippen molar-refractivity contribution in [2.45, 2.75) is 39.3 Å². The van der Waals surface area contributed by atoms with E-state index in [4.69, 9.17) is 4.74 Å². The minimum Gasteiger partial charge on any atom is -0.384 e. The Balaban J connectivity index is 2.12. The van der Waals surface area contributed by atoms with Gasteiger partial charge in [-0.25, -0.2) is 0 Å². The summed E-state index contributed by atoms with van der Waals surface area (Å²) in [5, 5.41) is 3.59. The summed E-state index contributed by atoms with van der Waals surface area (Å²) in [6.45, 7) is 10.6. The van der Waals surface area contributed by atoms with Crippen molar-refractivity contribution in [3.05, 3.63) is 28.2 Å². The van der Waals surface area contributed by atoms with Crippen LogP contribution in [-0.2, 0) is 11.3 Å². The van der Waals surface area contributed by atoms with Gasteiger partial charge in [0.1, 0.15) is 0 Å². The van der Waals surface area contributed by atoms with E-state index >= 15 is 0 Å². The second-order valence-electron chi connectivity index (χ2n) is 6.93. The fraction of sp³-hybridized carbons (Fsp3) is 0.647. The Kier molecular flexibility index (Phi) is 5.69. The maximum atomic E-state index is 5.30. The molecule has 4 heteroatoms. The number of nitrogens with one attached hydrogen (secondary N) is 1. The zero-order chi connectivity index (χ0) is 15.5. The van der Waals surface area contributed by atoms with Crippen LogP contribution in [-0.4, -0.2) is 32.3 Å². The summed E-state index contributed by atoms with van der Waals surface area (Å²) in [6, 6.07) is 6.61. The van der Waals surface area contributed by atoms with Crippen molar-refractivity contribution in [3.8, 4) is 0 Å². The number of methoxy groups -OCH3 is 1. The van der Waals surface area contributed by atoms with Crippen LogP contribution >= 0.6 is 15.9 Å². The SMILES string of the molecule is COCC1CCN(c2ccc(Br)cc2CNC(C)(C)C)C1. The summed E-state index contributed by atoms with van der Waals surface area (Å²) in [5.74, 6) is 0.655. The molecule has 1 N–H and O–H groups in total. The fourth-order valence-corrected chi connectivity index (χ4v) is 3.20. The molecule has 0 aromatic heterocycles. The molecule has 2 rings (SSSR count). The van der Waals surface area contributed by atoms with E-state index in [0.717, 1.165) is 30.7 Å². The van der Waals surface area contributed by atoms with E-state index in [9.17, 15) is 0 Å². The zero-order valence-corrected chi connectivity index (χ0v) is 15.2. The smallest absolute Gasteiger partial charge is 0.0508 e. The second kappa shape index (κ2) is 7.12. The third kappa shape index (κ3) is 4.97. The number of hydrogen-bond acceptors (Lipinski definition) is 3. The predicted molar refractivity (Wildman–Crippen MR) is 92.9 cm³/mol. The average molecular weight is 355 g/mol. The Hall–Kier alpha value is -0.580. The van der Waals surface area contributed by atoms with E-state index in [0.29, 0.717) is 5.92 Å². The lowest BCUT2D eigenvalue weighted by atomic mass is 10.1. The first-order valence-electron chi connectivity index (χ1n) is 7.66. The lowest BCUT2D eigenvalue weighted by Crippen LogP contribution is -2.35. The highest BCUT2D eigenvalue weighted by Gasteiger charge is 2.24. The first-order valence-corrected chi connectivity index (χ1v) is 8.45. The van der Waals surface area contributed by atoms with Gasteiger partial charge in [0.2, 0.25) is 0 Å². The molecule has 0 spiro atoms. The van der Waals surface area contributed by atoms with E-state index in [1.54, 1.807) is 7.11 Å². The minimum absolute atomic E-state index is 0.128. The van der Waals surface area contributed by atoms with Gasteiger partial charge < -0.3 is 15.0 Å². The summed E-state index contributed by atoms with van der Waals surface area (Å²) < 4.78 is 6.45. The van der Waals surface area contributed by atoms with Crippen molar-refractivity contribution < 1.29 is 4.74 Å². The van der Waals surface area contributed by atoms with Crippen molar-refractivity contribution >= 4 is 21.6 Å². The molecule has 1 aromatic rings. The molecule has 0 aliphatic carbocycles. The largest absolute Gasteiger partial charge is 0.384 e. The predicted octanol–water partition coefficient (Wildman–Crippen LogP) is 3.81. The minimum atomic E-state index is 0.128. The van der Waals surface area contributed by atoms with Gasteiger partial charge in [0, 0.05) is 48.4 Å². The molecule has 1 saturated heterocycles. The van der Waals surface area contributed by atoms with Gasteiger partial charge in [-0.05, 0) is 51.0 Å². The maximum Gasteiger partial charge on any atom is 0.0508 e. The Morgan fingerprint density at radius 2 is 2.14 bits per heavy atom. The van der Waals surface area contributed by atoms with E-state index in [-0.39, 0.29) is 5.54 Å². The highest BCUT2D eigenvalue weighted by molar-refractivity contribution is 9.10. The van der Waals surface area contributed by atoms with Crippen molar-refractivity contribution in [2.24, 2.45) is 5.92 Å². The fourth-order valence-electron chi connectivity index (χ4n) is 2.79. The van der Waals surface area contributed by atoms with Gasteiger partial charge in [-0.1, -0.05) is 15.9 Å². The molecule has 0 radical (unpaired) electrons. The summed E-state index contributed by atoms with van der Waals surface area (Å²) in [4.78, 5) is 2.50. The number of hydrogen-bond donors (Lipinski definition) is 1. The standard InChI is InChI=1S/C17H27BrN2O/c1-17(2,3)19-10-14-9-15(18)5-6-16(14)20-8-7-13(11-20)12-21-4/h5-6,9,13,19H,7-8,10-12H2,1-4H3. The summed E-state index contributed by atoms with van der Waals surface area (Å²) in [6.07, 6.45) is 1.22. The van der Waals surface area contributed by atoms with E-state index in [1.807, 2.05) is 0 Å². The Labute approximate surface area is 137 Å². The first-order chi connectivity index (χ1) is 9.89. The second-order valence-corrected chi connectivity index (χ2v) is 7.85. The van der Waals surface area contributed by atoms with Gasteiger partial charge >= 0.3 is 0 Å². The highest BCUT2D eigenvalue weighted by atomic mass is 79.9. The molecule has 0 saturated carbocycles. The van der Waals surface area contributed by atoms with Gasteiger partial charge in [-0.3, -0.25) is 0 Å². The molecule has 1 aliphatic heterocycles. The van der Waals surface area contributed by atoms with Crippen LogP contribution in [0, 0.1) is 5.92 Å². The van der Waals surface area contributed by atoms with Crippen molar-refractivity contribution in [2.75, 3.05) is 31.7 Å². The molecule has 0 bridgehead atoms. The van der Waals surface area contributed by atoms with E-state index in [1.165, 1.54) is 17.7 Å². The average Bonchev–Trinajstić information content (AvgIpc) is 2.84. The van der Waals surface area contributed by atoms with Gasteiger partial charge in [-0.15, -0.1) is 0 Å². The number of halogens is 1. The lowest BCUT2D eigenvalue weighted by molar-refractivity contribution is 0.161. The van der Waals surface area contributed by atoms with Crippen LogP contribution in [0.4, 0.5) is 5.69 Å². The van der Waals surface area contributed by atoms with Gasteiger partial charge in [0.05, 0.1) is 6.61 Å². The van der Waals surface area contributed by atoms with Gasteiger partial charge in [0.15, 0.2) is 0 Å². The normalized spacial score (nSPS) is 19.3. The molecule has 118 valence electrons.